The lowest BCUT2D eigenvalue weighted by Crippen LogP contribution is -2.57. The summed E-state index contributed by atoms with van der Waals surface area (Å²) in [6.07, 6.45) is 0. The van der Waals surface area contributed by atoms with Crippen molar-refractivity contribution in [3.63, 3.8) is 0 Å². The molecule has 0 bridgehead atoms. The zero-order valence-electron chi connectivity index (χ0n) is 18.3. The second-order valence-corrected chi connectivity index (χ2v) is 8.22. The molecule has 6 nitrogen and oxygen atoms in total. The third-order valence-electron chi connectivity index (χ3n) is 5.76. The van der Waals surface area contributed by atoms with Crippen molar-refractivity contribution in [1.29, 1.82) is 0 Å². The van der Waals surface area contributed by atoms with Crippen molar-refractivity contribution in [2.45, 2.75) is 33.7 Å². The predicted molar refractivity (Wildman–Crippen MR) is 122 cm³/mol. The minimum absolute atomic E-state index is 0.00364. The molecule has 3 amide bonds. The van der Waals surface area contributed by atoms with Gasteiger partial charge >= 0.3 is 6.03 Å². The molecule has 1 atom stereocenters. The Balaban J connectivity index is 1.60. The van der Waals surface area contributed by atoms with Crippen LogP contribution in [0.4, 0.5) is 16.2 Å². The van der Waals surface area contributed by atoms with Crippen LogP contribution in [0.3, 0.4) is 0 Å². The lowest BCUT2D eigenvalue weighted by atomic mass is 10.0. The van der Waals surface area contributed by atoms with Crippen LogP contribution in [0.1, 0.15) is 25.0 Å². The molecule has 0 aromatic heterocycles. The molecule has 1 aliphatic heterocycles. The molecule has 0 saturated carbocycles. The van der Waals surface area contributed by atoms with Gasteiger partial charge < -0.3 is 20.4 Å². The van der Waals surface area contributed by atoms with E-state index < -0.39 is 6.04 Å². The molecule has 1 aliphatic rings. The SMILES string of the molecule is Cc1cccc(N2CCN(C(=O)C(NC(=O)Nc3ccccc3)C(C)C)CC2)c1C. The number of piperazine rings is 1. The average Bonchev–Trinajstić information content (AvgIpc) is 2.74. The minimum Gasteiger partial charge on any atom is -0.368 e. The Hall–Kier alpha value is -3.02. The summed E-state index contributed by atoms with van der Waals surface area (Å²) in [4.78, 5) is 29.8. The van der Waals surface area contributed by atoms with Crippen molar-refractivity contribution in [1.82, 2.24) is 10.2 Å². The largest absolute Gasteiger partial charge is 0.368 e. The van der Waals surface area contributed by atoms with Crippen molar-refractivity contribution in [2.24, 2.45) is 5.92 Å². The van der Waals surface area contributed by atoms with Crippen molar-refractivity contribution in [2.75, 3.05) is 36.4 Å². The van der Waals surface area contributed by atoms with E-state index in [-0.39, 0.29) is 17.9 Å². The van der Waals surface area contributed by atoms with Gasteiger partial charge in [-0.15, -0.1) is 0 Å². The number of nitrogens with one attached hydrogen (secondary N) is 2. The second-order valence-electron chi connectivity index (χ2n) is 8.22. The van der Waals surface area contributed by atoms with E-state index in [1.165, 1.54) is 16.8 Å². The Bertz CT molecular complexity index is 874. The molecule has 1 unspecified atom stereocenters. The lowest BCUT2D eigenvalue weighted by molar-refractivity contribution is -0.134. The molecule has 2 N–H and O–H groups in total. The number of anilines is 2. The van der Waals surface area contributed by atoms with Crippen molar-refractivity contribution >= 4 is 23.3 Å². The molecule has 2 aromatic rings. The summed E-state index contributed by atoms with van der Waals surface area (Å²) in [6, 6.07) is 14.7. The second kappa shape index (κ2) is 9.65. The first-order valence-electron chi connectivity index (χ1n) is 10.6. The van der Waals surface area contributed by atoms with E-state index in [2.05, 4.69) is 47.6 Å². The van der Waals surface area contributed by atoms with Crippen LogP contribution in [0.5, 0.6) is 0 Å². The van der Waals surface area contributed by atoms with E-state index in [0.717, 1.165) is 13.1 Å². The van der Waals surface area contributed by atoms with Gasteiger partial charge in [0, 0.05) is 37.6 Å². The maximum absolute atomic E-state index is 13.2. The summed E-state index contributed by atoms with van der Waals surface area (Å²) in [5, 5.41) is 5.66. The first kappa shape index (κ1) is 21.7. The maximum atomic E-state index is 13.2. The number of aryl methyl sites for hydroxylation is 1. The first-order valence-corrected chi connectivity index (χ1v) is 10.6. The standard InChI is InChI=1S/C24H32N4O2/c1-17(2)22(26-24(30)25-20-10-6-5-7-11-20)23(29)28-15-13-27(14-16-28)21-12-8-9-18(3)19(21)4/h5-12,17,22H,13-16H2,1-4H3,(H2,25,26,30). The molecule has 3 rings (SSSR count). The third kappa shape index (κ3) is 5.12. The van der Waals surface area contributed by atoms with Crippen LogP contribution in [0, 0.1) is 19.8 Å². The number of carbonyl (C=O) groups is 2. The number of nitrogens with zero attached hydrogens (tertiary/aromatic N) is 2. The molecular weight excluding hydrogens is 376 g/mol. The highest BCUT2D eigenvalue weighted by Crippen LogP contribution is 2.24. The maximum Gasteiger partial charge on any atom is 0.319 e. The van der Waals surface area contributed by atoms with E-state index in [1.807, 2.05) is 49.1 Å². The van der Waals surface area contributed by atoms with Gasteiger partial charge in [-0.1, -0.05) is 44.2 Å². The molecule has 1 fully saturated rings. The Morgan fingerprint density at radius 3 is 2.20 bits per heavy atom. The Kier molecular flexibility index (Phi) is 6.98. The molecule has 30 heavy (non-hydrogen) atoms. The minimum atomic E-state index is -0.555. The fraction of sp³-hybridized carbons (Fsp3) is 0.417. The van der Waals surface area contributed by atoms with E-state index >= 15 is 0 Å². The van der Waals surface area contributed by atoms with Crippen LogP contribution in [0.15, 0.2) is 48.5 Å². The molecule has 160 valence electrons. The molecule has 0 spiro atoms. The summed E-state index contributed by atoms with van der Waals surface area (Å²) in [5.41, 5.74) is 4.51. The van der Waals surface area contributed by atoms with E-state index in [4.69, 9.17) is 0 Å². The van der Waals surface area contributed by atoms with Gasteiger partial charge in [0.1, 0.15) is 6.04 Å². The smallest absolute Gasteiger partial charge is 0.319 e. The van der Waals surface area contributed by atoms with E-state index in [0.29, 0.717) is 18.8 Å². The molecular formula is C24H32N4O2. The number of hydrogen-bond acceptors (Lipinski definition) is 3. The van der Waals surface area contributed by atoms with E-state index in [1.54, 1.807) is 0 Å². The topological polar surface area (TPSA) is 64.7 Å². The third-order valence-corrected chi connectivity index (χ3v) is 5.76. The summed E-state index contributed by atoms with van der Waals surface area (Å²) >= 11 is 0. The normalized spacial score (nSPS) is 15.1. The quantitative estimate of drug-likeness (QED) is 0.791. The van der Waals surface area contributed by atoms with E-state index in [9.17, 15) is 9.59 Å². The monoisotopic (exact) mass is 408 g/mol. The van der Waals surface area contributed by atoms with Gasteiger partial charge in [-0.2, -0.15) is 0 Å². The highest BCUT2D eigenvalue weighted by atomic mass is 16.2. The lowest BCUT2D eigenvalue weighted by Gasteiger charge is -2.39. The van der Waals surface area contributed by atoms with Gasteiger partial charge in [-0.25, -0.2) is 4.79 Å². The zero-order chi connectivity index (χ0) is 21.7. The van der Waals surface area contributed by atoms with Gasteiger partial charge in [0.05, 0.1) is 0 Å². The Labute approximate surface area is 179 Å². The highest BCUT2D eigenvalue weighted by molar-refractivity contribution is 5.93. The van der Waals surface area contributed by atoms with Crippen LogP contribution in [-0.2, 0) is 4.79 Å². The summed E-state index contributed by atoms with van der Waals surface area (Å²) < 4.78 is 0. The van der Waals surface area contributed by atoms with Crippen LogP contribution in [0.25, 0.3) is 0 Å². The number of hydrogen-bond donors (Lipinski definition) is 2. The molecule has 1 heterocycles. The molecule has 2 aromatic carbocycles. The predicted octanol–water partition coefficient (Wildman–Crippen LogP) is 3.80. The van der Waals surface area contributed by atoms with Crippen LogP contribution in [0.2, 0.25) is 0 Å². The Morgan fingerprint density at radius 1 is 0.900 bits per heavy atom. The average molecular weight is 409 g/mol. The summed E-state index contributed by atoms with van der Waals surface area (Å²) in [7, 11) is 0. The van der Waals surface area contributed by atoms with Crippen LogP contribution in [-0.4, -0.2) is 49.1 Å². The van der Waals surface area contributed by atoms with Crippen molar-refractivity contribution in [3.8, 4) is 0 Å². The number of carbonyl (C=O) groups excluding carboxylic acids is 2. The van der Waals surface area contributed by atoms with Gasteiger partial charge in [0.25, 0.3) is 0 Å². The molecule has 1 saturated heterocycles. The molecule has 0 radical (unpaired) electrons. The number of rotatable bonds is 5. The van der Waals surface area contributed by atoms with Gasteiger partial charge in [-0.05, 0) is 49.1 Å². The van der Waals surface area contributed by atoms with Crippen molar-refractivity contribution in [3.05, 3.63) is 59.7 Å². The number of benzene rings is 2. The van der Waals surface area contributed by atoms with Gasteiger partial charge in [-0.3, -0.25) is 4.79 Å². The van der Waals surface area contributed by atoms with Gasteiger partial charge in [0.2, 0.25) is 5.91 Å². The number of amides is 3. The fourth-order valence-corrected chi connectivity index (χ4v) is 3.79. The number of para-hydroxylation sites is 1. The van der Waals surface area contributed by atoms with Gasteiger partial charge in [0.15, 0.2) is 0 Å². The zero-order valence-corrected chi connectivity index (χ0v) is 18.3. The van der Waals surface area contributed by atoms with Crippen molar-refractivity contribution < 1.29 is 9.59 Å². The summed E-state index contributed by atoms with van der Waals surface area (Å²) in [6.45, 7) is 11.1. The number of urea groups is 1. The molecule has 6 heteroatoms. The summed E-state index contributed by atoms with van der Waals surface area (Å²) in [5.74, 6) is -0.0232. The molecule has 0 aliphatic carbocycles. The first-order chi connectivity index (χ1) is 14.4. The van der Waals surface area contributed by atoms with Crippen LogP contribution < -0.4 is 15.5 Å². The Morgan fingerprint density at radius 2 is 1.57 bits per heavy atom. The van der Waals surface area contributed by atoms with Crippen LogP contribution >= 0.6 is 0 Å². The highest BCUT2D eigenvalue weighted by Gasteiger charge is 2.31. The fourth-order valence-electron chi connectivity index (χ4n) is 3.79.